The minimum atomic E-state index is -0.488. The van der Waals surface area contributed by atoms with Crippen molar-refractivity contribution in [3.8, 4) is 11.5 Å². The van der Waals surface area contributed by atoms with Gasteiger partial charge in [-0.05, 0) is 52.6 Å². The molecule has 1 atom stereocenters. The molecular weight excluding hydrogens is 464 g/mol. The number of carbonyl (C=O) groups is 2. The van der Waals surface area contributed by atoms with Gasteiger partial charge in [-0.15, -0.1) is 0 Å². The van der Waals surface area contributed by atoms with Crippen LogP contribution in [0.5, 0.6) is 11.5 Å². The third-order valence-electron chi connectivity index (χ3n) is 6.66. The summed E-state index contributed by atoms with van der Waals surface area (Å²) in [4.78, 5) is 25.3. The molecule has 0 saturated heterocycles. The van der Waals surface area contributed by atoms with Gasteiger partial charge in [-0.3, -0.25) is 4.79 Å². The van der Waals surface area contributed by atoms with E-state index in [0.29, 0.717) is 17.1 Å². The summed E-state index contributed by atoms with van der Waals surface area (Å²) in [7, 11) is 0. The second-order valence-electron chi connectivity index (χ2n) is 11.7. The van der Waals surface area contributed by atoms with Gasteiger partial charge < -0.3 is 14.2 Å². The average Bonchev–Trinajstić information content (AvgIpc) is 3.16. The maximum Gasteiger partial charge on any atom is 0.338 e. The average molecular weight is 501 g/mol. The van der Waals surface area contributed by atoms with Gasteiger partial charge in [0.15, 0.2) is 0 Å². The van der Waals surface area contributed by atoms with E-state index < -0.39 is 5.92 Å². The quantitative estimate of drug-likeness (QED) is 0.210. The van der Waals surface area contributed by atoms with E-state index in [1.54, 1.807) is 24.3 Å². The monoisotopic (exact) mass is 500 g/mol. The van der Waals surface area contributed by atoms with Gasteiger partial charge in [-0.1, -0.05) is 84.0 Å². The zero-order valence-electron chi connectivity index (χ0n) is 22.8. The van der Waals surface area contributed by atoms with Crippen molar-refractivity contribution in [2.24, 2.45) is 0 Å². The predicted molar refractivity (Wildman–Crippen MR) is 145 cm³/mol. The zero-order valence-corrected chi connectivity index (χ0v) is 22.8. The van der Waals surface area contributed by atoms with E-state index in [1.165, 1.54) is 5.56 Å². The minimum absolute atomic E-state index is 0.0667. The minimum Gasteiger partial charge on any atom is -0.490 e. The van der Waals surface area contributed by atoms with Crippen LogP contribution in [-0.4, -0.2) is 25.2 Å². The molecule has 5 heteroatoms. The summed E-state index contributed by atoms with van der Waals surface area (Å²) in [5.74, 6) is 0.253. The predicted octanol–water partition coefficient (Wildman–Crippen LogP) is 6.88. The highest BCUT2D eigenvalue weighted by molar-refractivity contribution is 5.91. The molecule has 0 aliphatic carbocycles. The topological polar surface area (TPSA) is 61.8 Å². The van der Waals surface area contributed by atoms with Crippen LogP contribution in [0.4, 0.5) is 0 Å². The first-order chi connectivity index (χ1) is 17.4. The lowest BCUT2D eigenvalue weighted by molar-refractivity contribution is -0.133. The van der Waals surface area contributed by atoms with E-state index in [2.05, 4.69) is 53.7 Å². The number of carbonyl (C=O) groups excluding carboxylic acids is 2. The van der Waals surface area contributed by atoms with E-state index in [4.69, 9.17) is 14.2 Å². The largest absolute Gasteiger partial charge is 0.490 e. The Balaban J connectivity index is 1.53. The van der Waals surface area contributed by atoms with E-state index >= 15 is 0 Å². The first kappa shape index (κ1) is 26.5. The fourth-order valence-electron chi connectivity index (χ4n) is 4.53. The molecule has 5 nitrogen and oxygen atoms in total. The van der Waals surface area contributed by atoms with Crippen molar-refractivity contribution in [1.82, 2.24) is 0 Å². The fraction of sp³-hybridized carbons (Fsp3) is 0.375. The van der Waals surface area contributed by atoms with Gasteiger partial charge in [0.1, 0.15) is 30.6 Å². The van der Waals surface area contributed by atoms with Crippen LogP contribution < -0.4 is 9.47 Å². The fourth-order valence-corrected chi connectivity index (χ4v) is 4.53. The SMILES string of the molecule is Cc1cc(C2C(=O)Oc3c2cc(C(C)(C)C)cc3C(C)(C)C)ccc1OCCOC(=O)c1ccccc1. The number of benzene rings is 3. The Bertz CT molecular complexity index is 1310. The van der Waals surface area contributed by atoms with Gasteiger partial charge in [-0.2, -0.15) is 0 Å². The Labute approximate surface area is 219 Å². The third-order valence-corrected chi connectivity index (χ3v) is 6.66. The first-order valence-electron chi connectivity index (χ1n) is 12.7. The number of fused-ring (bicyclic) bond motifs is 1. The summed E-state index contributed by atoms with van der Waals surface area (Å²) in [6.45, 7) is 15.3. The third kappa shape index (κ3) is 5.71. The normalized spacial score (nSPS) is 15.2. The van der Waals surface area contributed by atoms with Gasteiger partial charge in [0, 0.05) is 11.1 Å². The zero-order chi connectivity index (χ0) is 27.0. The van der Waals surface area contributed by atoms with Crippen molar-refractivity contribution < 1.29 is 23.8 Å². The molecule has 3 aromatic rings. The van der Waals surface area contributed by atoms with Crippen LogP contribution >= 0.6 is 0 Å². The number of esters is 2. The van der Waals surface area contributed by atoms with Crippen molar-refractivity contribution in [2.45, 2.75) is 65.2 Å². The van der Waals surface area contributed by atoms with Gasteiger partial charge in [-0.25, -0.2) is 4.79 Å². The molecule has 4 rings (SSSR count). The maximum atomic E-state index is 13.2. The standard InChI is InChI=1S/C32H36O5/c1-20-17-22(13-14-26(20)35-15-16-36-29(33)21-11-9-8-10-12-21)27-24-18-23(31(2,3)4)19-25(32(5,6)7)28(24)37-30(27)34/h8-14,17-19,27H,15-16H2,1-7H3. The smallest absolute Gasteiger partial charge is 0.338 e. The van der Waals surface area contributed by atoms with Crippen molar-refractivity contribution >= 4 is 11.9 Å². The Morgan fingerprint density at radius 1 is 0.892 bits per heavy atom. The molecule has 0 N–H and O–H groups in total. The highest BCUT2D eigenvalue weighted by Crippen LogP contribution is 2.47. The molecule has 194 valence electrons. The van der Waals surface area contributed by atoms with Gasteiger partial charge in [0.05, 0.1) is 5.56 Å². The number of aryl methyl sites for hydroxylation is 1. The molecule has 0 spiro atoms. The van der Waals surface area contributed by atoms with Crippen LogP contribution in [0.25, 0.3) is 0 Å². The maximum absolute atomic E-state index is 13.2. The van der Waals surface area contributed by atoms with Crippen LogP contribution in [-0.2, 0) is 20.4 Å². The number of rotatable bonds is 6. The molecule has 1 aliphatic heterocycles. The van der Waals surface area contributed by atoms with Crippen LogP contribution in [0.3, 0.4) is 0 Å². The second kappa shape index (κ2) is 10.0. The molecule has 1 unspecified atom stereocenters. The second-order valence-corrected chi connectivity index (χ2v) is 11.7. The van der Waals surface area contributed by atoms with Crippen molar-refractivity contribution in [3.05, 3.63) is 94.0 Å². The van der Waals surface area contributed by atoms with E-state index in [0.717, 1.165) is 22.3 Å². The Morgan fingerprint density at radius 2 is 1.59 bits per heavy atom. The molecule has 0 aromatic heterocycles. The van der Waals surface area contributed by atoms with E-state index in [-0.39, 0.29) is 36.0 Å². The molecule has 1 heterocycles. The van der Waals surface area contributed by atoms with Crippen LogP contribution in [0, 0.1) is 6.92 Å². The summed E-state index contributed by atoms with van der Waals surface area (Å²) in [5.41, 5.74) is 5.19. The molecular formula is C32H36O5. The Kier molecular flexibility index (Phi) is 7.18. The Hall–Kier alpha value is -3.60. The summed E-state index contributed by atoms with van der Waals surface area (Å²) in [6.07, 6.45) is 0. The van der Waals surface area contributed by atoms with Gasteiger partial charge in [0.2, 0.25) is 0 Å². The number of hydrogen-bond acceptors (Lipinski definition) is 5. The number of ether oxygens (including phenoxy) is 3. The summed E-state index contributed by atoms with van der Waals surface area (Å²) >= 11 is 0. The lowest BCUT2D eigenvalue weighted by Crippen LogP contribution is -2.17. The highest BCUT2D eigenvalue weighted by Gasteiger charge is 2.39. The molecule has 0 fully saturated rings. The lowest BCUT2D eigenvalue weighted by Gasteiger charge is -2.27. The van der Waals surface area contributed by atoms with E-state index in [1.807, 2.05) is 31.2 Å². The van der Waals surface area contributed by atoms with E-state index in [9.17, 15) is 9.59 Å². The summed E-state index contributed by atoms with van der Waals surface area (Å²) in [6, 6.07) is 18.9. The number of hydrogen-bond donors (Lipinski definition) is 0. The lowest BCUT2D eigenvalue weighted by atomic mass is 9.77. The summed E-state index contributed by atoms with van der Waals surface area (Å²) < 4.78 is 17.1. The van der Waals surface area contributed by atoms with Crippen LogP contribution in [0.1, 0.15) is 85.6 Å². The Morgan fingerprint density at radius 3 is 2.22 bits per heavy atom. The van der Waals surface area contributed by atoms with Crippen LogP contribution in [0.2, 0.25) is 0 Å². The van der Waals surface area contributed by atoms with Crippen molar-refractivity contribution in [3.63, 3.8) is 0 Å². The molecule has 0 saturated carbocycles. The molecule has 1 aliphatic rings. The van der Waals surface area contributed by atoms with Gasteiger partial charge in [0.25, 0.3) is 0 Å². The summed E-state index contributed by atoms with van der Waals surface area (Å²) in [5, 5.41) is 0. The molecule has 0 amide bonds. The molecule has 0 radical (unpaired) electrons. The van der Waals surface area contributed by atoms with Crippen molar-refractivity contribution in [1.29, 1.82) is 0 Å². The van der Waals surface area contributed by atoms with Gasteiger partial charge >= 0.3 is 11.9 Å². The molecule has 37 heavy (non-hydrogen) atoms. The molecule has 3 aromatic carbocycles. The van der Waals surface area contributed by atoms with Crippen LogP contribution in [0.15, 0.2) is 60.7 Å². The van der Waals surface area contributed by atoms with Crippen molar-refractivity contribution in [2.75, 3.05) is 13.2 Å². The highest BCUT2D eigenvalue weighted by atomic mass is 16.6. The first-order valence-corrected chi connectivity index (χ1v) is 12.7. The molecule has 0 bridgehead atoms.